The fourth-order valence-corrected chi connectivity index (χ4v) is 3.11. The monoisotopic (exact) mass is 358 g/mol. The summed E-state index contributed by atoms with van der Waals surface area (Å²) in [5.74, 6) is 0.352. The van der Waals surface area contributed by atoms with Gasteiger partial charge in [0.05, 0.1) is 16.7 Å². The standard InChI is InChI=1S/C16H18N6O2S/c1-2-3-8-17-13(23)9-25-16-20-12-7-5-4-6-11(12)14(24)22(16)15-18-10-19-21-15/h4-7,10H,2-3,8-9H2,1H3,(H,17,23)(H,18,19,21). The van der Waals surface area contributed by atoms with Crippen molar-refractivity contribution in [3.05, 3.63) is 40.9 Å². The van der Waals surface area contributed by atoms with E-state index >= 15 is 0 Å². The summed E-state index contributed by atoms with van der Waals surface area (Å²) < 4.78 is 1.35. The van der Waals surface area contributed by atoms with E-state index in [0.717, 1.165) is 12.8 Å². The molecule has 2 N–H and O–H groups in total. The van der Waals surface area contributed by atoms with Crippen LogP contribution < -0.4 is 10.9 Å². The largest absolute Gasteiger partial charge is 0.355 e. The number of aromatic nitrogens is 5. The Balaban J connectivity index is 1.92. The second kappa shape index (κ2) is 7.93. The van der Waals surface area contributed by atoms with Crippen LogP contribution in [0, 0.1) is 0 Å². The van der Waals surface area contributed by atoms with Gasteiger partial charge in [-0.3, -0.25) is 9.59 Å². The van der Waals surface area contributed by atoms with E-state index in [1.165, 1.54) is 22.7 Å². The molecule has 0 spiro atoms. The zero-order chi connectivity index (χ0) is 17.6. The average molecular weight is 358 g/mol. The van der Waals surface area contributed by atoms with Gasteiger partial charge in [0, 0.05) is 6.54 Å². The lowest BCUT2D eigenvalue weighted by Gasteiger charge is -2.10. The molecule has 3 rings (SSSR count). The molecule has 0 atom stereocenters. The van der Waals surface area contributed by atoms with Crippen LogP contribution in [-0.2, 0) is 4.79 Å². The van der Waals surface area contributed by atoms with Gasteiger partial charge in [-0.25, -0.2) is 14.6 Å². The summed E-state index contributed by atoms with van der Waals surface area (Å²) in [6.45, 7) is 2.71. The summed E-state index contributed by atoms with van der Waals surface area (Å²) in [6, 6.07) is 7.08. The lowest BCUT2D eigenvalue weighted by molar-refractivity contribution is -0.118. The number of aromatic amines is 1. The highest BCUT2D eigenvalue weighted by atomic mass is 32.2. The number of nitrogens with one attached hydrogen (secondary N) is 2. The van der Waals surface area contributed by atoms with E-state index in [0.29, 0.717) is 22.6 Å². The lowest BCUT2D eigenvalue weighted by Crippen LogP contribution is -2.27. The topological polar surface area (TPSA) is 106 Å². The van der Waals surface area contributed by atoms with Crippen LogP contribution in [0.15, 0.2) is 40.5 Å². The molecule has 0 saturated heterocycles. The Labute approximate surface area is 148 Å². The molecule has 0 fully saturated rings. The number of carbonyl (C=O) groups excluding carboxylic acids is 1. The number of hydrogen-bond acceptors (Lipinski definition) is 6. The van der Waals surface area contributed by atoms with Crippen molar-refractivity contribution in [3.63, 3.8) is 0 Å². The minimum absolute atomic E-state index is 0.0926. The Kier molecular flexibility index (Phi) is 5.44. The van der Waals surface area contributed by atoms with Crippen LogP contribution in [0.3, 0.4) is 0 Å². The summed E-state index contributed by atoms with van der Waals surface area (Å²) in [7, 11) is 0. The number of H-pyrrole nitrogens is 1. The SMILES string of the molecule is CCCCNC(=O)CSc1nc2ccccc2c(=O)n1-c1ncn[nH]1. The molecule has 0 aliphatic carbocycles. The summed E-state index contributed by atoms with van der Waals surface area (Å²) in [5.41, 5.74) is 0.327. The molecule has 0 aliphatic heterocycles. The number of benzene rings is 1. The van der Waals surface area contributed by atoms with Gasteiger partial charge in [-0.2, -0.15) is 10.1 Å². The number of nitrogens with zero attached hydrogens (tertiary/aromatic N) is 4. The fourth-order valence-electron chi connectivity index (χ4n) is 2.29. The molecule has 0 bridgehead atoms. The first kappa shape index (κ1) is 17.2. The first-order valence-electron chi connectivity index (χ1n) is 7.97. The Morgan fingerprint density at radius 3 is 2.96 bits per heavy atom. The fraction of sp³-hybridized carbons (Fsp3) is 0.312. The van der Waals surface area contributed by atoms with Crippen molar-refractivity contribution in [2.75, 3.05) is 12.3 Å². The van der Waals surface area contributed by atoms with Gasteiger partial charge in [0.2, 0.25) is 11.9 Å². The number of para-hydroxylation sites is 1. The summed E-state index contributed by atoms with van der Waals surface area (Å²) in [4.78, 5) is 33.3. The number of thioether (sulfide) groups is 1. The molecular formula is C16H18N6O2S. The van der Waals surface area contributed by atoms with E-state index in [1.807, 2.05) is 6.07 Å². The van der Waals surface area contributed by atoms with E-state index in [4.69, 9.17) is 0 Å². The highest BCUT2D eigenvalue weighted by Crippen LogP contribution is 2.19. The molecule has 3 aromatic rings. The van der Waals surface area contributed by atoms with Crippen LogP contribution in [0.2, 0.25) is 0 Å². The zero-order valence-corrected chi connectivity index (χ0v) is 14.5. The van der Waals surface area contributed by atoms with Gasteiger partial charge < -0.3 is 5.32 Å². The van der Waals surface area contributed by atoms with E-state index in [1.54, 1.807) is 18.2 Å². The molecule has 0 radical (unpaired) electrons. The predicted octanol–water partition coefficient (Wildman–Crippen LogP) is 1.51. The maximum atomic E-state index is 12.8. The summed E-state index contributed by atoms with van der Waals surface area (Å²) in [5, 5.41) is 10.2. The van der Waals surface area contributed by atoms with Gasteiger partial charge in [0.1, 0.15) is 6.33 Å². The van der Waals surface area contributed by atoms with E-state index < -0.39 is 0 Å². The van der Waals surface area contributed by atoms with Gasteiger partial charge in [0.25, 0.3) is 5.56 Å². The third-order valence-electron chi connectivity index (χ3n) is 3.54. The van der Waals surface area contributed by atoms with Gasteiger partial charge >= 0.3 is 0 Å². The maximum Gasteiger partial charge on any atom is 0.269 e. The quantitative estimate of drug-likeness (QED) is 0.377. The molecule has 25 heavy (non-hydrogen) atoms. The Bertz CT molecular complexity index is 922. The summed E-state index contributed by atoms with van der Waals surface area (Å²) in [6.07, 6.45) is 3.28. The third-order valence-corrected chi connectivity index (χ3v) is 4.48. The molecule has 0 saturated carbocycles. The lowest BCUT2D eigenvalue weighted by atomic mass is 10.2. The van der Waals surface area contributed by atoms with Crippen molar-refractivity contribution in [2.24, 2.45) is 0 Å². The highest BCUT2D eigenvalue weighted by molar-refractivity contribution is 7.99. The Morgan fingerprint density at radius 1 is 1.36 bits per heavy atom. The molecule has 0 aliphatic rings. The number of amides is 1. The average Bonchev–Trinajstić information content (AvgIpc) is 3.14. The van der Waals surface area contributed by atoms with E-state index in [9.17, 15) is 9.59 Å². The van der Waals surface area contributed by atoms with Crippen molar-refractivity contribution in [2.45, 2.75) is 24.9 Å². The number of carbonyl (C=O) groups is 1. The maximum absolute atomic E-state index is 12.8. The smallest absolute Gasteiger partial charge is 0.269 e. The predicted molar refractivity (Wildman–Crippen MR) is 95.9 cm³/mol. The molecule has 0 unspecified atom stereocenters. The Morgan fingerprint density at radius 2 is 2.20 bits per heavy atom. The Hall–Kier alpha value is -2.68. The van der Waals surface area contributed by atoms with Crippen molar-refractivity contribution in [1.29, 1.82) is 0 Å². The molecule has 2 aromatic heterocycles. The van der Waals surface area contributed by atoms with Crippen LogP contribution in [0.25, 0.3) is 16.9 Å². The van der Waals surface area contributed by atoms with Crippen LogP contribution in [0.1, 0.15) is 19.8 Å². The van der Waals surface area contributed by atoms with Gasteiger partial charge in [-0.15, -0.1) is 0 Å². The molecule has 9 heteroatoms. The summed E-state index contributed by atoms with van der Waals surface area (Å²) >= 11 is 1.19. The van der Waals surface area contributed by atoms with Crippen LogP contribution >= 0.6 is 11.8 Å². The number of rotatable bonds is 7. The molecule has 2 heterocycles. The van der Waals surface area contributed by atoms with Crippen molar-refractivity contribution in [3.8, 4) is 5.95 Å². The first-order chi connectivity index (χ1) is 12.2. The minimum atomic E-state index is -0.253. The minimum Gasteiger partial charge on any atom is -0.355 e. The van der Waals surface area contributed by atoms with Gasteiger partial charge in [0.15, 0.2) is 5.16 Å². The van der Waals surface area contributed by atoms with Crippen molar-refractivity contribution >= 4 is 28.6 Å². The van der Waals surface area contributed by atoms with Crippen LogP contribution in [-0.4, -0.2) is 42.9 Å². The molecule has 8 nitrogen and oxygen atoms in total. The van der Waals surface area contributed by atoms with Crippen LogP contribution in [0.5, 0.6) is 0 Å². The van der Waals surface area contributed by atoms with Crippen LogP contribution in [0.4, 0.5) is 0 Å². The van der Waals surface area contributed by atoms with Gasteiger partial charge in [-0.1, -0.05) is 37.2 Å². The molecule has 130 valence electrons. The second-order valence-corrected chi connectivity index (χ2v) is 6.30. The second-order valence-electron chi connectivity index (χ2n) is 5.35. The molecule has 1 aromatic carbocycles. The van der Waals surface area contributed by atoms with E-state index in [-0.39, 0.29) is 23.2 Å². The molecular weight excluding hydrogens is 340 g/mol. The normalized spacial score (nSPS) is 10.9. The number of fused-ring (bicyclic) bond motifs is 1. The first-order valence-corrected chi connectivity index (χ1v) is 8.96. The third kappa shape index (κ3) is 3.87. The zero-order valence-electron chi connectivity index (χ0n) is 13.7. The van der Waals surface area contributed by atoms with Gasteiger partial charge in [-0.05, 0) is 18.6 Å². The van der Waals surface area contributed by atoms with Crippen molar-refractivity contribution < 1.29 is 4.79 Å². The number of hydrogen-bond donors (Lipinski definition) is 2. The van der Waals surface area contributed by atoms with Crippen molar-refractivity contribution in [1.82, 2.24) is 30.0 Å². The molecule has 1 amide bonds. The van der Waals surface area contributed by atoms with E-state index in [2.05, 4.69) is 32.4 Å². The number of unbranched alkanes of at least 4 members (excludes halogenated alkanes) is 1. The highest BCUT2D eigenvalue weighted by Gasteiger charge is 2.16.